The van der Waals surface area contributed by atoms with Gasteiger partial charge in [0.25, 0.3) is 17.7 Å². The van der Waals surface area contributed by atoms with E-state index in [1.165, 1.54) is 37.5 Å². The highest BCUT2D eigenvalue weighted by Crippen LogP contribution is 2.26. The number of carbonyl (C=O) groups is 5. The number of nitrogens with one attached hydrogen (secondary N) is 2. The third-order valence-electron chi connectivity index (χ3n) is 5.35. The normalized spacial score (nSPS) is 14.2. The van der Waals surface area contributed by atoms with Gasteiger partial charge in [-0.2, -0.15) is 0 Å². The summed E-state index contributed by atoms with van der Waals surface area (Å²) in [6.07, 6.45) is 1.27. The molecule has 1 heterocycles. The summed E-state index contributed by atoms with van der Waals surface area (Å²) in [5, 5.41) is 5.33. The molecular weight excluding hydrogens is 514 g/mol. The van der Waals surface area contributed by atoms with E-state index >= 15 is 0 Å². The van der Waals surface area contributed by atoms with Crippen LogP contribution < -0.4 is 20.3 Å². The number of hydrogen-bond acceptors (Lipinski definition) is 7. The lowest BCUT2D eigenvalue weighted by atomic mass is 10.1. The van der Waals surface area contributed by atoms with E-state index in [4.69, 9.17) is 16.3 Å². The smallest absolute Gasteiger partial charge is 0.337 e. The minimum absolute atomic E-state index is 0.141. The number of carbonyl (C=O) groups excluding carboxylic acids is 5. The van der Waals surface area contributed by atoms with Crippen LogP contribution >= 0.6 is 11.6 Å². The van der Waals surface area contributed by atoms with Crippen molar-refractivity contribution in [2.75, 3.05) is 23.9 Å². The topological polar surface area (TPSA) is 131 Å². The Bertz CT molecular complexity index is 1450. The first-order chi connectivity index (χ1) is 18.3. The number of para-hydroxylation sites is 1. The number of benzene rings is 3. The van der Waals surface area contributed by atoms with Crippen LogP contribution in [0.15, 0.2) is 78.4 Å². The first kappa shape index (κ1) is 26.1. The number of esters is 1. The molecule has 10 nitrogen and oxygen atoms in total. The molecule has 0 saturated carbocycles. The molecule has 1 aliphatic rings. The summed E-state index contributed by atoms with van der Waals surface area (Å²) in [5.74, 6) is -2.55. The van der Waals surface area contributed by atoms with Gasteiger partial charge in [-0.1, -0.05) is 29.8 Å². The van der Waals surface area contributed by atoms with E-state index in [0.29, 0.717) is 16.3 Å². The summed E-state index contributed by atoms with van der Waals surface area (Å²) < 4.78 is 10.3. The van der Waals surface area contributed by atoms with Gasteiger partial charge in [-0.15, -0.1) is 0 Å². The van der Waals surface area contributed by atoms with Gasteiger partial charge < -0.3 is 14.8 Å². The third-order valence-corrected chi connectivity index (χ3v) is 5.61. The van der Waals surface area contributed by atoms with E-state index in [9.17, 15) is 24.0 Å². The van der Waals surface area contributed by atoms with E-state index in [2.05, 4.69) is 15.4 Å². The molecule has 0 aromatic heterocycles. The molecule has 38 heavy (non-hydrogen) atoms. The van der Waals surface area contributed by atoms with Gasteiger partial charge in [-0.25, -0.2) is 14.5 Å². The van der Waals surface area contributed by atoms with Crippen LogP contribution in [0.4, 0.5) is 16.2 Å². The highest BCUT2D eigenvalue weighted by molar-refractivity contribution is 6.39. The quantitative estimate of drug-likeness (QED) is 0.268. The van der Waals surface area contributed by atoms with Gasteiger partial charge in [-0.05, 0) is 60.7 Å². The number of amides is 5. The molecule has 0 atom stereocenters. The number of halogens is 1. The molecular formula is C27H20ClN3O7. The predicted molar refractivity (Wildman–Crippen MR) is 139 cm³/mol. The Kier molecular flexibility index (Phi) is 7.83. The lowest BCUT2D eigenvalue weighted by molar-refractivity contribution is -0.122. The second-order valence-electron chi connectivity index (χ2n) is 7.88. The van der Waals surface area contributed by atoms with Gasteiger partial charge in [0.05, 0.1) is 18.4 Å². The van der Waals surface area contributed by atoms with E-state index in [1.54, 1.807) is 48.5 Å². The molecule has 4 rings (SSSR count). The number of barbiturate groups is 1. The third kappa shape index (κ3) is 5.88. The summed E-state index contributed by atoms with van der Waals surface area (Å²) in [6.45, 7) is -0.347. The summed E-state index contributed by atoms with van der Waals surface area (Å²) in [4.78, 5) is 63.0. The Balaban J connectivity index is 1.53. The molecule has 0 spiro atoms. The Labute approximate surface area is 221 Å². The highest BCUT2D eigenvalue weighted by atomic mass is 35.5. The van der Waals surface area contributed by atoms with Crippen LogP contribution in [0.3, 0.4) is 0 Å². The molecule has 0 radical (unpaired) electrons. The minimum Gasteiger partial charge on any atom is -0.483 e. The van der Waals surface area contributed by atoms with Crippen LogP contribution in [0, 0.1) is 0 Å². The number of rotatable bonds is 7. The van der Waals surface area contributed by atoms with E-state index < -0.39 is 29.7 Å². The molecule has 0 unspecified atom stereocenters. The second-order valence-corrected chi connectivity index (χ2v) is 8.31. The Morgan fingerprint density at radius 2 is 1.66 bits per heavy atom. The van der Waals surface area contributed by atoms with Crippen molar-refractivity contribution in [3.05, 3.63) is 94.5 Å². The maximum Gasteiger partial charge on any atom is 0.337 e. The molecule has 1 aliphatic heterocycles. The van der Waals surface area contributed by atoms with Crippen molar-refractivity contribution in [3.8, 4) is 5.75 Å². The molecule has 0 bridgehead atoms. The number of nitrogens with zero attached hydrogens (tertiary/aromatic N) is 1. The van der Waals surface area contributed by atoms with Crippen molar-refractivity contribution >= 4 is 58.8 Å². The maximum absolute atomic E-state index is 13.2. The number of imide groups is 2. The largest absolute Gasteiger partial charge is 0.483 e. The van der Waals surface area contributed by atoms with Gasteiger partial charge >= 0.3 is 12.0 Å². The zero-order valence-corrected chi connectivity index (χ0v) is 20.7. The van der Waals surface area contributed by atoms with Crippen molar-refractivity contribution in [1.29, 1.82) is 0 Å². The fourth-order valence-electron chi connectivity index (χ4n) is 3.52. The fourth-order valence-corrected chi connectivity index (χ4v) is 3.64. The number of ether oxygens (including phenoxy) is 2. The zero-order valence-electron chi connectivity index (χ0n) is 19.9. The van der Waals surface area contributed by atoms with Gasteiger partial charge in [-0.3, -0.25) is 19.7 Å². The molecule has 0 aliphatic carbocycles. The number of anilines is 2. The SMILES string of the molecule is COC(=O)c1ccc(N2C(=O)NC(=O)/C(=C\c3ccccc3OCC(=O)Nc3ccc(Cl)cc3)C2=O)cc1. The van der Waals surface area contributed by atoms with Gasteiger partial charge in [0.2, 0.25) is 0 Å². The van der Waals surface area contributed by atoms with Crippen LogP contribution in [0.25, 0.3) is 6.08 Å². The van der Waals surface area contributed by atoms with Crippen molar-refractivity contribution in [2.45, 2.75) is 0 Å². The van der Waals surface area contributed by atoms with E-state index in [-0.39, 0.29) is 29.2 Å². The summed E-state index contributed by atoms with van der Waals surface area (Å²) in [7, 11) is 1.23. The fraction of sp³-hybridized carbons (Fsp3) is 0.0741. The molecule has 5 amide bonds. The van der Waals surface area contributed by atoms with Crippen molar-refractivity contribution in [3.63, 3.8) is 0 Å². The van der Waals surface area contributed by atoms with Crippen LogP contribution in [0.2, 0.25) is 5.02 Å². The van der Waals surface area contributed by atoms with Gasteiger partial charge in [0.1, 0.15) is 11.3 Å². The molecule has 3 aromatic carbocycles. The Morgan fingerprint density at radius 3 is 2.34 bits per heavy atom. The summed E-state index contributed by atoms with van der Waals surface area (Å²) in [6, 6.07) is 17.6. The van der Waals surface area contributed by atoms with Gasteiger partial charge in [0.15, 0.2) is 6.61 Å². The maximum atomic E-state index is 13.2. The first-order valence-electron chi connectivity index (χ1n) is 11.1. The first-order valence-corrected chi connectivity index (χ1v) is 11.5. The average Bonchev–Trinajstić information content (AvgIpc) is 2.91. The molecule has 2 N–H and O–H groups in total. The van der Waals surface area contributed by atoms with Gasteiger partial charge in [0, 0.05) is 16.3 Å². The monoisotopic (exact) mass is 533 g/mol. The Morgan fingerprint density at radius 1 is 0.974 bits per heavy atom. The molecule has 192 valence electrons. The van der Waals surface area contributed by atoms with Crippen LogP contribution in [0.1, 0.15) is 15.9 Å². The molecule has 11 heteroatoms. The number of methoxy groups -OCH3 is 1. The summed E-state index contributed by atoms with van der Waals surface area (Å²) in [5.41, 5.74) is 0.900. The molecule has 1 saturated heterocycles. The average molecular weight is 534 g/mol. The standard InChI is InChI=1S/C27H20ClN3O7/c1-37-26(35)16-6-12-20(13-7-16)31-25(34)21(24(33)30-27(31)36)14-17-4-2-3-5-22(17)38-15-23(32)29-19-10-8-18(28)9-11-19/h2-14H,15H2,1H3,(H,29,32)(H,30,33,36)/b21-14+. The lowest BCUT2D eigenvalue weighted by Crippen LogP contribution is -2.54. The van der Waals surface area contributed by atoms with E-state index in [1.807, 2.05) is 0 Å². The number of hydrogen-bond donors (Lipinski definition) is 2. The highest BCUT2D eigenvalue weighted by Gasteiger charge is 2.37. The summed E-state index contributed by atoms with van der Waals surface area (Å²) >= 11 is 5.85. The van der Waals surface area contributed by atoms with Crippen molar-refractivity contribution < 1.29 is 33.4 Å². The van der Waals surface area contributed by atoms with E-state index in [0.717, 1.165) is 4.90 Å². The minimum atomic E-state index is -0.939. The molecule has 3 aromatic rings. The van der Waals surface area contributed by atoms with Crippen LogP contribution in [0.5, 0.6) is 5.75 Å². The van der Waals surface area contributed by atoms with Crippen molar-refractivity contribution in [1.82, 2.24) is 5.32 Å². The number of urea groups is 1. The van der Waals surface area contributed by atoms with Crippen LogP contribution in [-0.4, -0.2) is 43.4 Å². The predicted octanol–water partition coefficient (Wildman–Crippen LogP) is 3.81. The van der Waals surface area contributed by atoms with Crippen molar-refractivity contribution in [2.24, 2.45) is 0 Å². The lowest BCUT2D eigenvalue weighted by Gasteiger charge is -2.26. The zero-order chi connectivity index (χ0) is 27.2. The second kappa shape index (κ2) is 11.4. The Hall–Kier alpha value is -4.96. The van der Waals surface area contributed by atoms with Crippen LogP contribution in [-0.2, 0) is 19.1 Å². The molecule has 1 fully saturated rings.